The summed E-state index contributed by atoms with van der Waals surface area (Å²) in [4.78, 5) is 0. The third kappa shape index (κ3) is 33.3. The van der Waals surface area contributed by atoms with Gasteiger partial charge in [-0.3, -0.25) is 0 Å². The van der Waals surface area contributed by atoms with Crippen molar-refractivity contribution < 1.29 is 46.8 Å². The molecule has 0 aliphatic rings. The number of hydrogen-bond donors (Lipinski definition) is 2. The van der Waals surface area contributed by atoms with Crippen LogP contribution in [0.4, 0.5) is 0 Å². The standard InChI is InChI=1S/C2H8N2.Cd.H2S.Zn/c3-1-2-4;;;/h1-4H2;;1H2;. The van der Waals surface area contributed by atoms with Gasteiger partial charge in [0.1, 0.15) is 0 Å². The molecule has 0 fully saturated rings. The molecule has 0 rings (SSSR count). The van der Waals surface area contributed by atoms with Crippen LogP contribution in [0, 0.1) is 0 Å². The van der Waals surface area contributed by atoms with Crippen molar-refractivity contribution in [1.82, 2.24) is 0 Å². The maximum absolute atomic E-state index is 4.90. The first-order valence-corrected chi connectivity index (χ1v) is 1.32. The van der Waals surface area contributed by atoms with Gasteiger partial charge in [0.15, 0.2) is 0 Å². The summed E-state index contributed by atoms with van der Waals surface area (Å²) in [5.74, 6) is 0. The number of nitrogens with two attached hydrogens (primary N) is 2. The van der Waals surface area contributed by atoms with E-state index in [1.165, 1.54) is 0 Å². The van der Waals surface area contributed by atoms with Gasteiger partial charge in [-0.25, -0.2) is 0 Å². The van der Waals surface area contributed by atoms with Crippen molar-refractivity contribution in [3.63, 3.8) is 0 Å². The third-order valence-electron chi connectivity index (χ3n) is 0.167. The second-order valence-electron chi connectivity index (χ2n) is 0.577. The van der Waals surface area contributed by atoms with E-state index in [1.807, 2.05) is 0 Å². The molecule has 2 nitrogen and oxygen atoms in total. The van der Waals surface area contributed by atoms with Crippen LogP contribution >= 0.6 is 13.5 Å². The van der Waals surface area contributed by atoms with Crippen molar-refractivity contribution >= 4 is 13.5 Å². The zero-order valence-corrected chi connectivity index (χ0v) is 12.5. The fraction of sp³-hybridized carbons (Fsp3) is 1.00. The Labute approximate surface area is 84.1 Å². The molecule has 0 saturated heterocycles. The van der Waals surface area contributed by atoms with Gasteiger partial charge in [-0.1, -0.05) is 0 Å². The number of rotatable bonds is 1. The summed E-state index contributed by atoms with van der Waals surface area (Å²) in [6.07, 6.45) is 0. The van der Waals surface area contributed by atoms with Crippen LogP contribution in [-0.4, -0.2) is 13.1 Å². The van der Waals surface area contributed by atoms with E-state index in [0.717, 1.165) is 0 Å². The van der Waals surface area contributed by atoms with Crippen molar-refractivity contribution in [2.24, 2.45) is 11.5 Å². The summed E-state index contributed by atoms with van der Waals surface area (Å²) in [6.45, 7) is 1.19. The van der Waals surface area contributed by atoms with Gasteiger partial charge in [-0.2, -0.15) is 13.5 Å². The van der Waals surface area contributed by atoms with Crippen LogP contribution in [0.3, 0.4) is 0 Å². The fourth-order valence-corrected chi connectivity index (χ4v) is 0. The van der Waals surface area contributed by atoms with E-state index in [9.17, 15) is 0 Å². The summed E-state index contributed by atoms with van der Waals surface area (Å²) in [5.41, 5.74) is 9.81. The molecule has 5 heteroatoms. The van der Waals surface area contributed by atoms with E-state index in [2.05, 4.69) is 0 Å². The molecule has 4 N–H and O–H groups in total. The average molecular weight is 272 g/mol. The summed E-state index contributed by atoms with van der Waals surface area (Å²) < 4.78 is 0. The smallest absolute Gasteiger partial charge is 0.00461 e. The Morgan fingerprint density at radius 2 is 1.14 bits per heavy atom. The molecule has 0 bridgehead atoms. The molecule has 0 heterocycles. The molecule has 7 heavy (non-hydrogen) atoms. The van der Waals surface area contributed by atoms with E-state index in [-0.39, 0.29) is 60.3 Å². The summed E-state index contributed by atoms with van der Waals surface area (Å²) >= 11 is 0. The van der Waals surface area contributed by atoms with Gasteiger partial charge in [0, 0.05) is 59.9 Å². The van der Waals surface area contributed by atoms with Crippen LogP contribution in [0.5, 0.6) is 0 Å². The van der Waals surface area contributed by atoms with Crippen LogP contribution in [0.15, 0.2) is 0 Å². The van der Waals surface area contributed by atoms with Gasteiger partial charge >= 0.3 is 0 Å². The molecule has 0 unspecified atom stereocenters. The predicted molar refractivity (Wildman–Crippen MR) is 28.5 cm³/mol. The molecule has 0 radical (unpaired) electrons. The second kappa shape index (κ2) is 24.9. The predicted octanol–water partition coefficient (Wildman–Crippen LogP) is -0.988. The first kappa shape index (κ1) is 23.2. The SMILES string of the molecule is NCCN.S.[Cd].[Zn]. The van der Waals surface area contributed by atoms with Crippen LogP contribution < -0.4 is 11.5 Å². The molecule has 0 atom stereocenters. The first-order valence-electron chi connectivity index (χ1n) is 1.32. The summed E-state index contributed by atoms with van der Waals surface area (Å²) in [6, 6.07) is 0. The Morgan fingerprint density at radius 3 is 1.14 bits per heavy atom. The van der Waals surface area contributed by atoms with Gasteiger partial charge in [-0.15, -0.1) is 0 Å². The Hall–Kier alpha value is 1.82. The Morgan fingerprint density at radius 1 is 1.00 bits per heavy atom. The fourth-order valence-electron chi connectivity index (χ4n) is 0. The normalized spacial score (nSPS) is 4.29. The molecule has 0 aliphatic carbocycles. The van der Waals surface area contributed by atoms with E-state index in [0.29, 0.717) is 13.1 Å². The summed E-state index contributed by atoms with van der Waals surface area (Å²) in [5, 5.41) is 0. The zero-order chi connectivity index (χ0) is 3.41. The molecular formula is C2H10CdN2SZn. The molecule has 0 aromatic carbocycles. The molecular weight excluding hydrogens is 262 g/mol. The molecule has 0 saturated carbocycles. The van der Waals surface area contributed by atoms with Gasteiger partial charge in [-0.05, 0) is 0 Å². The van der Waals surface area contributed by atoms with E-state index >= 15 is 0 Å². The molecule has 38 valence electrons. The van der Waals surface area contributed by atoms with Crippen LogP contribution in [0.1, 0.15) is 0 Å². The Bertz CT molecular complexity index is 17.7. The van der Waals surface area contributed by atoms with E-state index in [4.69, 9.17) is 11.5 Å². The van der Waals surface area contributed by atoms with Crippen molar-refractivity contribution in [3.8, 4) is 0 Å². The van der Waals surface area contributed by atoms with Crippen molar-refractivity contribution in [2.45, 2.75) is 0 Å². The largest absolute Gasteiger partial charge is 0.329 e. The number of hydrogen-bond acceptors (Lipinski definition) is 2. The minimum atomic E-state index is 0. The molecule has 0 aliphatic heterocycles. The van der Waals surface area contributed by atoms with Crippen LogP contribution in [0.2, 0.25) is 0 Å². The minimum absolute atomic E-state index is 0. The van der Waals surface area contributed by atoms with Gasteiger partial charge in [0.2, 0.25) is 0 Å². The van der Waals surface area contributed by atoms with Crippen molar-refractivity contribution in [1.29, 1.82) is 0 Å². The average Bonchev–Trinajstić information content (AvgIpc) is 1.37. The first-order chi connectivity index (χ1) is 1.91. The van der Waals surface area contributed by atoms with E-state index < -0.39 is 0 Å². The zero-order valence-electron chi connectivity index (χ0n) is 4.48. The molecule has 0 aromatic heterocycles. The van der Waals surface area contributed by atoms with Gasteiger partial charge in [0.25, 0.3) is 0 Å². The third-order valence-corrected chi connectivity index (χ3v) is 0.167. The molecule has 0 aromatic rings. The minimum Gasteiger partial charge on any atom is -0.329 e. The molecule has 0 amide bonds. The van der Waals surface area contributed by atoms with Crippen molar-refractivity contribution in [3.05, 3.63) is 0 Å². The quantitative estimate of drug-likeness (QED) is 0.602. The summed E-state index contributed by atoms with van der Waals surface area (Å²) in [7, 11) is 0. The Balaban J connectivity index is -0.0000000150. The Kier molecular flexibility index (Phi) is 82.7. The maximum atomic E-state index is 4.90. The van der Waals surface area contributed by atoms with Gasteiger partial charge < -0.3 is 11.5 Å². The van der Waals surface area contributed by atoms with E-state index in [1.54, 1.807) is 0 Å². The monoisotopic (exact) mass is 272 g/mol. The second-order valence-corrected chi connectivity index (χ2v) is 0.577. The maximum Gasteiger partial charge on any atom is 0.00461 e. The van der Waals surface area contributed by atoms with Crippen LogP contribution in [0.25, 0.3) is 0 Å². The van der Waals surface area contributed by atoms with Crippen LogP contribution in [-0.2, 0) is 46.8 Å². The van der Waals surface area contributed by atoms with Gasteiger partial charge in [0.05, 0.1) is 0 Å². The molecule has 0 spiro atoms. The van der Waals surface area contributed by atoms with Crippen molar-refractivity contribution in [2.75, 3.05) is 13.1 Å². The topological polar surface area (TPSA) is 52.0 Å².